The molecule has 0 aliphatic carbocycles. The molecule has 1 rings (SSSR count). The Morgan fingerprint density at radius 2 is 1.91 bits per heavy atom. The van der Waals surface area contributed by atoms with Gasteiger partial charge in [-0.3, -0.25) is 0 Å². The van der Waals surface area contributed by atoms with Crippen molar-refractivity contribution in [1.29, 1.82) is 0 Å². The first-order valence-electron chi connectivity index (χ1n) is 3.38. The molecule has 1 N–H and O–H groups in total. The summed E-state index contributed by atoms with van der Waals surface area (Å²) in [6.07, 6.45) is 0.896. The van der Waals surface area contributed by atoms with E-state index in [1.54, 1.807) is 6.07 Å². The molecule has 0 bridgehead atoms. The third-order valence-electron chi connectivity index (χ3n) is 1.37. The van der Waals surface area contributed by atoms with Crippen LogP contribution in [0.1, 0.15) is 12.5 Å². The van der Waals surface area contributed by atoms with Gasteiger partial charge in [-0.05, 0) is 18.1 Å². The molecule has 0 amide bonds. The van der Waals surface area contributed by atoms with Gasteiger partial charge in [0, 0.05) is 0 Å². The molecule has 1 nitrogen and oxygen atoms in total. The maximum Gasteiger partial charge on any atom is 1.59 e. The highest BCUT2D eigenvalue weighted by molar-refractivity contribution is 6.80. The van der Waals surface area contributed by atoms with E-state index in [0.29, 0.717) is 5.75 Å². The van der Waals surface area contributed by atoms with Crippen molar-refractivity contribution >= 4 is 29.7 Å². The molecule has 0 unspecified atom stereocenters. The summed E-state index contributed by atoms with van der Waals surface area (Å²) in [6, 6.07) is 7.39. The SMILES string of the molecule is CCc1ccccc1O.[Mg+2][Cl]. The van der Waals surface area contributed by atoms with E-state index in [1.807, 2.05) is 25.1 Å². The Balaban J connectivity index is 0.000000461. The highest BCUT2D eigenvalue weighted by atomic mass is 35.5. The zero-order valence-electron chi connectivity index (χ0n) is 6.55. The highest BCUT2D eigenvalue weighted by Crippen LogP contribution is 2.14. The average molecular weight is 182 g/mol. The van der Waals surface area contributed by atoms with Gasteiger partial charge in [0.05, 0.1) is 0 Å². The Morgan fingerprint density at radius 3 is 2.27 bits per heavy atom. The number of aryl methyl sites for hydroxylation is 1. The van der Waals surface area contributed by atoms with Crippen LogP contribution in [0.25, 0.3) is 0 Å². The number of para-hydroxylation sites is 1. The van der Waals surface area contributed by atoms with Crippen LogP contribution in [-0.2, 0) is 6.42 Å². The lowest BCUT2D eigenvalue weighted by Gasteiger charge is -1.97. The summed E-state index contributed by atoms with van der Waals surface area (Å²) in [7, 11) is 4.67. The fourth-order valence-corrected chi connectivity index (χ4v) is 0.810. The number of phenolic OH excluding ortho intramolecular Hbond substituents is 1. The molecule has 1 aromatic carbocycles. The van der Waals surface area contributed by atoms with Gasteiger partial charge in [0.15, 0.2) is 0 Å². The molecule has 0 spiro atoms. The van der Waals surface area contributed by atoms with E-state index in [0.717, 1.165) is 12.0 Å². The number of halogens is 1. The van der Waals surface area contributed by atoms with Gasteiger partial charge in [-0.15, -0.1) is 0 Å². The largest absolute Gasteiger partial charge is 1.59 e. The summed E-state index contributed by atoms with van der Waals surface area (Å²) >= 11 is 1.33. The van der Waals surface area contributed by atoms with Crippen LogP contribution >= 0.6 is 9.07 Å². The first-order valence-corrected chi connectivity index (χ1v) is 5.52. The van der Waals surface area contributed by atoms with Gasteiger partial charge >= 0.3 is 29.7 Å². The molecule has 0 fully saturated rings. The molecule has 0 aliphatic rings. The van der Waals surface area contributed by atoms with Crippen LogP contribution in [0.3, 0.4) is 0 Å². The highest BCUT2D eigenvalue weighted by Gasteiger charge is 2.16. The Labute approximate surface area is 83.6 Å². The van der Waals surface area contributed by atoms with Crippen LogP contribution in [0.5, 0.6) is 5.75 Å². The molecule has 11 heavy (non-hydrogen) atoms. The smallest absolute Gasteiger partial charge is 0.508 e. The molecule has 0 aliphatic heterocycles. The van der Waals surface area contributed by atoms with Gasteiger partial charge in [0.25, 0.3) is 0 Å². The monoisotopic (exact) mass is 181 g/mol. The average Bonchev–Trinajstić information content (AvgIpc) is 2.09. The molecular formula is C8H10ClMgO+2. The predicted molar refractivity (Wildman–Crippen MR) is 49.1 cm³/mol. The maximum absolute atomic E-state index is 9.11. The summed E-state index contributed by atoms with van der Waals surface area (Å²) in [5, 5.41) is 9.11. The van der Waals surface area contributed by atoms with Crippen molar-refractivity contribution in [3.8, 4) is 5.75 Å². The summed E-state index contributed by atoms with van der Waals surface area (Å²) in [6.45, 7) is 2.02. The topological polar surface area (TPSA) is 20.2 Å². The van der Waals surface area contributed by atoms with Crippen molar-refractivity contribution in [3.63, 3.8) is 0 Å². The van der Waals surface area contributed by atoms with Gasteiger partial charge in [-0.2, -0.15) is 0 Å². The van der Waals surface area contributed by atoms with Crippen molar-refractivity contribution in [1.82, 2.24) is 0 Å². The number of benzene rings is 1. The molecule has 3 heteroatoms. The van der Waals surface area contributed by atoms with Gasteiger partial charge in [-0.25, -0.2) is 0 Å². The van der Waals surface area contributed by atoms with Crippen molar-refractivity contribution in [2.24, 2.45) is 0 Å². The summed E-state index contributed by atoms with van der Waals surface area (Å²) in [5.41, 5.74) is 1.01. The Morgan fingerprint density at radius 1 is 1.36 bits per heavy atom. The van der Waals surface area contributed by atoms with E-state index in [4.69, 9.17) is 5.11 Å². The van der Waals surface area contributed by atoms with E-state index in [2.05, 4.69) is 9.07 Å². The molecule has 7 radical (unpaired) electrons. The van der Waals surface area contributed by atoms with E-state index in [1.165, 1.54) is 20.6 Å². The van der Waals surface area contributed by atoms with E-state index < -0.39 is 0 Å². The van der Waals surface area contributed by atoms with Crippen LogP contribution in [0.4, 0.5) is 0 Å². The van der Waals surface area contributed by atoms with Crippen LogP contribution in [-0.4, -0.2) is 25.7 Å². The Kier molecular flexibility index (Phi) is 6.81. The minimum absolute atomic E-state index is 0.403. The minimum Gasteiger partial charge on any atom is -0.508 e. The molecule has 0 heterocycles. The van der Waals surface area contributed by atoms with Crippen molar-refractivity contribution in [2.75, 3.05) is 0 Å². The standard InChI is InChI=1S/C8H10O.ClH.Mg/c1-2-7-5-3-4-6-8(7)9;;/h3-6,9H,2H2,1H3;1H;/q;;+3/p-1. The Bertz CT molecular complexity index is 203. The van der Waals surface area contributed by atoms with Gasteiger partial charge in [0.1, 0.15) is 5.75 Å². The minimum atomic E-state index is 0.403. The second-order valence-electron chi connectivity index (χ2n) is 1.98. The first-order chi connectivity index (χ1) is 5.34. The van der Waals surface area contributed by atoms with Crippen LogP contribution in [0.2, 0.25) is 0 Å². The second kappa shape index (κ2) is 6.77. The van der Waals surface area contributed by atoms with E-state index in [-0.39, 0.29) is 0 Å². The zero-order chi connectivity index (χ0) is 8.69. The van der Waals surface area contributed by atoms with Crippen molar-refractivity contribution < 1.29 is 5.11 Å². The van der Waals surface area contributed by atoms with Crippen LogP contribution in [0.15, 0.2) is 24.3 Å². The molecule has 0 saturated carbocycles. The van der Waals surface area contributed by atoms with E-state index in [9.17, 15) is 0 Å². The third kappa shape index (κ3) is 3.84. The molecule has 1 aromatic rings. The third-order valence-corrected chi connectivity index (χ3v) is 1.37. The fraction of sp³-hybridized carbons (Fsp3) is 0.250. The number of phenols is 1. The van der Waals surface area contributed by atoms with Gasteiger partial charge < -0.3 is 5.11 Å². The number of hydrogen-bond acceptors (Lipinski definition) is 1. The zero-order valence-corrected chi connectivity index (χ0v) is 8.72. The van der Waals surface area contributed by atoms with Crippen molar-refractivity contribution in [3.05, 3.63) is 29.8 Å². The van der Waals surface area contributed by atoms with E-state index >= 15 is 0 Å². The van der Waals surface area contributed by atoms with Crippen LogP contribution in [0, 0.1) is 0 Å². The number of aromatic hydroxyl groups is 1. The van der Waals surface area contributed by atoms with Crippen molar-refractivity contribution in [2.45, 2.75) is 13.3 Å². The lowest BCUT2D eigenvalue weighted by atomic mass is 10.1. The fourth-order valence-electron chi connectivity index (χ4n) is 0.810. The maximum atomic E-state index is 9.11. The summed E-state index contributed by atoms with van der Waals surface area (Å²) in [5.74, 6) is 0.403. The number of rotatable bonds is 1. The summed E-state index contributed by atoms with van der Waals surface area (Å²) in [4.78, 5) is 0. The molecule has 0 aromatic heterocycles. The van der Waals surface area contributed by atoms with Gasteiger partial charge in [-0.1, -0.05) is 25.1 Å². The Hall–Kier alpha value is 0.0762. The molecule has 0 saturated heterocycles. The number of hydrogen-bond donors (Lipinski definition) is 1. The van der Waals surface area contributed by atoms with Crippen LogP contribution < -0.4 is 0 Å². The molecular weight excluding hydrogens is 172 g/mol. The quantitative estimate of drug-likeness (QED) is 0.660. The first kappa shape index (κ1) is 11.1. The van der Waals surface area contributed by atoms with Gasteiger partial charge in [0.2, 0.25) is 0 Å². The predicted octanol–water partition coefficient (Wildman–Crippen LogP) is 2.26. The lowest BCUT2D eigenvalue weighted by Crippen LogP contribution is -1.77. The normalized spacial score (nSPS) is 8.27. The molecule has 0 atom stereocenters. The lowest BCUT2D eigenvalue weighted by molar-refractivity contribution is 0.469. The molecule has 55 valence electrons. The second-order valence-corrected chi connectivity index (χ2v) is 1.98. The summed E-state index contributed by atoms with van der Waals surface area (Å²) < 4.78 is 0.